The third-order valence-corrected chi connectivity index (χ3v) is 3.20. The lowest BCUT2D eigenvalue weighted by atomic mass is 10.1. The van der Waals surface area contributed by atoms with E-state index >= 15 is 0 Å². The lowest BCUT2D eigenvalue weighted by Gasteiger charge is -2.08. The van der Waals surface area contributed by atoms with Gasteiger partial charge in [0.2, 0.25) is 0 Å². The van der Waals surface area contributed by atoms with Crippen molar-refractivity contribution >= 4 is 11.6 Å². The first-order chi connectivity index (χ1) is 10.1. The van der Waals surface area contributed by atoms with Gasteiger partial charge >= 0.3 is 0 Å². The molecule has 0 aliphatic heterocycles. The third-order valence-electron chi connectivity index (χ3n) is 3.20. The molecule has 0 saturated carbocycles. The number of hydrogen-bond donors (Lipinski definition) is 2. The molecule has 3 N–H and O–H groups in total. The Morgan fingerprint density at radius 3 is 2.76 bits per heavy atom. The number of nitrogens with one attached hydrogen (secondary N) is 1. The zero-order valence-corrected chi connectivity index (χ0v) is 12.3. The number of amides is 1. The van der Waals surface area contributed by atoms with Crippen molar-refractivity contribution in [3.05, 3.63) is 59.2 Å². The highest BCUT2D eigenvalue weighted by atomic mass is 16.5. The van der Waals surface area contributed by atoms with Crippen molar-refractivity contribution in [1.82, 2.24) is 5.32 Å². The summed E-state index contributed by atoms with van der Waals surface area (Å²) in [5.41, 5.74) is 9.06. The molecule has 21 heavy (non-hydrogen) atoms. The van der Waals surface area contributed by atoms with E-state index in [-0.39, 0.29) is 5.91 Å². The van der Waals surface area contributed by atoms with Crippen LogP contribution in [-0.4, -0.2) is 19.6 Å². The number of aryl methyl sites for hydroxylation is 1. The minimum absolute atomic E-state index is 0.103. The number of hydrogen-bond acceptors (Lipinski definition) is 3. The molecule has 4 nitrogen and oxygen atoms in total. The summed E-state index contributed by atoms with van der Waals surface area (Å²) in [7, 11) is 1.64. The number of nitrogens with two attached hydrogens (primary N) is 1. The van der Waals surface area contributed by atoms with Gasteiger partial charge in [-0.1, -0.05) is 12.1 Å². The van der Waals surface area contributed by atoms with Gasteiger partial charge in [0.15, 0.2) is 0 Å². The molecule has 0 aromatic heterocycles. The Hall–Kier alpha value is -2.49. The second kappa shape index (κ2) is 6.79. The molecular formula is C17H20N2O2. The molecule has 0 heterocycles. The fourth-order valence-electron chi connectivity index (χ4n) is 2.19. The number of anilines is 1. The molecule has 0 fully saturated rings. The Labute approximate surface area is 124 Å². The largest absolute Gasteiger partial charge is 0.497 e. The zero-order chi connectivity index (χ0) is 15.2. The number of ether oxygens (including phenoxy) is 1. The SMILES string of the molecule is COc1cccc(CCNC(=O)c2cc(C)cc(N)c2)c1. The molecule has 2 aromatic carbocycles. The van der Waals surface area contributed by atoms with Gasteiger partial charge in [-0.25, -0.2) is 0 Å². The van der Waals surface area contributed by atoms with Gasteiger partial charge in [0.25, 0.3) is 5.91 Å². The first kappa shape index (κ1) is 14.9. The molecule has 0 bridgehead atoms. The Balaban J connectivity index is 1.92. The molecule has 0 spiro atoms. The van der Waals surface area contributed by atoms with Gasteiger partial charge in [-0.3, -0.25) is 4.79 Å². The molecular weight excluding hydrogens is 264 g/mol. The molecule has 0 aliphatic carbocycles. The van der Waals surface area contributed by atoms with Crippen molar-refractivity contribution in [2.24, 2.45) is 0 Å². The standard InChI is InChI=1S/C17H20N2O2/c1-12-8-14(11-15(18)9-12)17(20)19-7-6-13-4-3-5-16(10-13)21-2/h3-5,8-11H,6-7,18H2,1-2H3,(H,19,20). The highest BCUT2D eigenvalue weighted by Crippen LogP contribution is 2.13. The predicted octanol–water partition coefficient (Wildman–Crippen LogP) is 2.56. The third kappa shape index (κ3) is 4.24. The second-order valence-corrected chi connectivity index (χ2v) is 4.99. The van der Waals surface area contributed by atoms with Crippen LogP contribution < -0.4 is 15.8 Å². The second-order valence-electron chi connectivity index (χ2n) is 4.99. The van der Waals surface area contributed by atoms with Gasteiger partial charge in [-0.2, -0.15) is 0 Å². The first-order valence-corrected chi connectivity index (χ1v) is 6.87. The number of nitrogen functional groups attached to an aromatic ring is 1. The Morgan fingerprint density at radius 2 is 2.05 bits per heavy atom. The summed E-state index contributed by atoms with van der Waals surface area (Å²) in [6, 6.07) is 13.2. The number of methoxy groups -OCH3 is 1. The highest BCUT2D eigenvalue weighted by molar-refractivity contribution is 5.95. The lowest BCUT2D eigenvalue weighted by molar-refractivity contribution is 0.0954. The minimum atomic E-state index is -0.103. The Morgan fingerprint density at radius 1 is 1.24 bits per heavy atom. The number of benzene rings is 2. The number of carbonyl (C=O) groups excluding carboxylic acids is 1. The lowest BCUT2D eigenvalue weighted by Crippen LogP contribution is -2.25. The van der Waals surface area contributed by atoms with E-state index in [1.807, 2.05) is 43.3 Å². The summed E-state index contributed by atoms with van der Waals surface area (Å²) in [5, 5.41) is 2.90. The summed E-state index contributed by atoms with van der Waals surface area (Å²) in [6.45, 7) is 2.49. The van der Waals surface area contributed by atoms with Crippen LogP contribution in [0.25, 0.3) is 0 Å². The van der Waals surface area contributed by atoms with Crippen LogP contribution in [0.2, 0.25) is 0 Å². The highest BCUT2D eigenvalue weighted by Gasteiger charge is 2.06. The van der Waals surface area contributed by atoms with Crippen LogP contribution in [0.15, 0.2) is 42.5 Å². The average Bonchev–Trinajstić information content (AvgIpc) is 2.46. The summed E-state index contributed by atoms with van der Waals surface area (Å²) < 4.78 is 5.18. The summed E-state index contributed by atoms with van der Waals surface area (Å²) in [5.74, 6) is 0.721. The van der Waals surface area contributed by atoms with Gasteiger partial charge in [0.1, 0.15) is 5.75 Å². The van der Waals surface area contributed by atoms with E-state index in [1.54, 1.807) is 13.2 Å². The minimum Gasteiger partial charge on any atom is -0.497 e. The van der Waals surface area contributed by atoms with Crippen LogP contribution in [0.3, 0.4) is 0 Å². The molecule has 0 aliphatic rings. The fraction of sp³-hybridized carbons (Fsp3) is 0.235. The van der Waals surface area contributed by atoms with Crippen molar-refractivity contribution in [2.45, 2.75) is 13.3 Å². The van der Waals surface area contributed by atoms with Gasteiger partial charge in [-0.15, -0.1) is 0 Å². The van der Waals surface area contributed by atoms with Gasteiger partial charge in [0, 0.05) is 17.8 Å². The van der Waals surface area contributed by atoms with E-state index in [0.717, 1.165) is 23.3 Å². The summed E-state index contributed by atoms with van der Waals surface area (Å²) >= 11 is 0. The zero-order valence-electron chi connectivity index (χ0n) is 12.3. The van der Waals surface area contributed by atoms with Crippen LogP contribution in [-0.2, 0) is 6.42 Å². The van der Waals surface area contributed by atoms with Crippen LogP contribution >= 0.6 is 0 Å². The molecule has 4 heteroatoms. The van der Waals surface area contributed by atoms with Crippen molar-refractivity contribution in [3.8, 4) is 5.75 Å². The Kier molecular flexibility index (Phi) is 4.82. The van der Waals surface area contributed by atoms with E-state index in [2.05, 4.69) is 5.32 Å². The normalized spacial score (nSPS) is 10.2. The predicted molar refractivity (Wildman–Crippen MR) is 84.6 cm³/mol. The van der Waals surface area contributed by atoms with Gasteiger partial charge in [-0.05, 0) is 54.8 Å². The molecule has 110 valence electrons. The summed E-state index contributed by atoms with van der Waals surface area (Å²) in [4.78, 5) is 12.1. The molecule has 0 radical (unpaired) electrons. The van der Waals surface area contributed by atoms with Crippen LogP contribution in [0.4, 0.5) is 5.69 Å². The Bertz CT molecular complexity index is 618. The smallest absolute Gasteiger partial charge is 0.251 e. The van der Waals surface area contributed by atoms with Crippen LogP contribution in [0, 0.1) is 6.92 Å². The van der Waals surface area contributed by atoms with Gasteiger partial charge < -0.3 is 15.8 Å². The van der Waals surface area contributed by atoms with Crippen molar-refractivity contribution in [2.75, 3.05) is 19.4 Å². The van der Waals surface area contributed by atoms with E-state index in [0.29, 0.717) is 17.8 Å². The van der Waals surface area contributed by atoms with Crippen LogP contribution in [0.5, 0.6) is 5.75 Å². The average molecular weight is 284 g/mol. The maximum absolute atomic E-state index is 12.1. The summed E-state index contributed by atoms with van der Waals surface area (Å²) in [6.07, 6.45) is 0.754. The first-order valence-electron chi connectivity index (χ1n) is 6.87. The molecule has 0 atom stereocenters. The van der Waals surface area contributed by atoms with E-state index in [4.69, 9.17) is 10.5 Å². The van der Waals surface area contributed by atoms with Crippen molar-refractivity contribution in [3.63, 3.8) is 0 Å². The number of rotatable bonds is 5. The topological polar surface area (TPSA) is 64.3 Å². The molecule has 0 unspecified atom stereocenters. The van der Waals surface area contributed by atoms with Crippen LogP contribution in [0.1, 0.15) is 21.5 Å². The quantitative estimate of drug-likeness (QED) is 0.829. The maximum atomic E-state index is 12.1. The van der Waals surface area contributed by atoms with E-state index < -0.39 is 0 Å². The monoisotopic (exact) mass is 284 g/mol. The van der Waals surface area contributed by atoms with Gasteiger partial charge in [0.05, 0.1) is 7.11 Å². The fourth-order valence-corrected chi connectivity index (χ4v) is 2.19. The molecule has 1 amide bonds. The van der Waals surface area contributed by atoms with E-state index in [1.165, 1.54) is 0 Å². The van der Waals surface area contributed by atoms with E-state index in [9.17, 15) is 4.79 Å². The molecule has 0 saturated heterocycles. The maximum Gasteiger partial charge on any atom is 0.251 e. The van der Waals surface area contributed by atoms with Crippen molar-refractivity contribution in [1.29, 1.82) is 0 Å². The molecule has 2 aromatic rings. The van der Waals surface area contributed by atoms with Crippen molar-refractivity contribution < 1.29 is 9.53 Å². The molecule has 2 rings (SSSR count). The number of carbonyl (C=O) groups is 1.